The Bertz CT molecular complexity index is 948. The maximum Gasteiger partial charge on any atom is 0.249 e. The first-order valence-corrected chi connectivity index (χ1v) is 6.86. The Balaban J connectivity index is 1.80. The van der Waals surface area contributed by atoms with Gasteiger partial charge in [-0.1, -0.05) is 23.7 Å². The van der Waals surface area contributed by atoms with Crippen molar-refractivity contribution < 1.29 is 10.3 Å². The van der Waals surface area contributed by atoms with Crippen LogP contribution in [0.3, 0.4) is 0 Å². The van der Waals surface area contributed by atoms with Crippen molar-refractivity contribution >= 4 is 23.5 Å². The molecular weight excluding hydrogens is 316 g/mol. The van der Waals surface area contributed by atoms with Crippen molar-refractivity contribution in [2.75, 3.05) is 5.32 Å². The number of aromatic amines is 1. The quantitative estimate of drug-likeness (QED) is 0.748. The lowest BCUT2D eigenvalue weighted by atomic mass is 10.1. The van der Waals surface area contributed by atoms with Gasteiger partial charge in [0.15, 0.2) is 5.82 Å². The number of anilines is 1. The number of nitrogens with one attached hydrogen (secondary N) is 2. The van der Waals surface area contributed by atoms with Crippen LogP contribution in [-0.2, 0) is 11.2 Å². The number of amides is 1. The van der Waals surface area contributed by atoms with Gasteiger partial charge in [-0.15, -0.1) is 5.10 Å². The molecule has 23 heavy (non-hydrogen) atoms. The highest BCUT2D eigenvalue weighted by molar-refractivity contribution is 6.30. The van der Waals surface area contributed by atoms with Gasteiger partial charge in [-0.25, -0.2) is 0 Å². The van der Waals surface area contributed by atoms with Crippen molar-refractivity contribution in [3.05, 3.63) is 53.3 Å². The lowest BCUT2D eigenvalue weighted by Crippen LogP contribution is -2.13. The van der Waals surface area contributed by atoms with E-state index in [-0.39, 0.29) is 11.5 Å². The molecule has 0 bridgehead atoms. The number of benzene rings is 1. The van der Waals surface area contributed by atoms with E-state index in [1.54, 1.807) is 6.07 Å². The molecule has 0 atom stereocenters. The number of aromatic nitrogens is 5. The van der Waals surface area contributed by atoms with Gasteiger partial charge in [0.05, 0.1) is 12.4 Å². The van der Waals surface area contributed by atoms with E-state index in [0.717, 1.165) is 0 Å². The fourth-order valence-electron chi connectivity index (χ4n) is 1.67. The number of hydrogen-bond acceptors (Lipinski definition) is 5. The Morgan fingerprint density at radius 1 is 1.26 bits per heavy atom. The van der Waals surface area contributed by atoms with Crippen LogP contribution in [-0.4, -0.2) is 31.3 Å². The maximum absolute atomic E-state index is 12.4. The van der Waals surface area contributed by atoms with Crippen LogP contribution < -0.4 is 5.32 Å². The van der Waals surface area contributed by atoms with Gasteiger partial charge in [-0.3, -0.25) is 15.2 Å². The van der Waals surface area contributed by atoms with E-state index in [4.69, 9.17) is 17.1 Å². The lowest BCUT2D eigenvalue weighted by molar-refractivity contribution is -0.116. The Kier molecular flexibility index (Phi) is 3.29. The molecule has 7 nitrogen and oxygen atoms in total. The number of H-pyrrole nitrogens is 1. The Morgan fingerprint density at radius 2 is 2.09 bits per heavy atom. The third kappa shape index (κ3) is 4.10. The molecule has 2 aromatic heterocycles. The fraction of sp³-hybridized carbons (Fsp3) is 0.133. The predicted molar refractivity (Wildman–Crippen MR) is 85.8 cm³/mol. The molecule has 2 N–H and O–H groups in total. The van der Waals surface area contributed by atoms with Gasteiger partial charge in [-0.2, -0.15) is 15.2 Å². The van der Waals surface area contributed by atoms with Gasteiger partial charge in [0.1, 0.15) is 0 Å². The summed E-state index contributed by atoms with van der Waals surface area (Å²) < 4.78 is 32.2. The minimum Gasteiger partial charge on any atom is -0.293 e. The first kappa shape index (κ1) is 10.8. The molecule has 0 saturated heterocycles. The number of carbonyl (C=O) groups is 1. The number of nitrogens with zero attached hydrogens (tertiary/aromatic N) is 4. The molecule has 3 rings (SSSR count). The van der Waals surface area contributed by atoms with E-state index in [0.29, 0.717) is 16.4 Å². The van der Waals surface area contributed by atoms with E-state index in [2.05, 4.69) is 30.7 Å². The molecule has 2 heterocycles. The zero-order chi connectivity index (χ0) is 19.7. The molecule has 116 valence electrons. The van der Waals surface area contributed by atoms with Gasteiger partial charge in [0.25, 0.3) is 0 Å². The van der Waals surface area contributed by atoms with Gasteiger partial charge in [0, 0.05) is 22.4 Å². The van der Waals surface area contributed by atoms with Crippen LogP contribution in [0.25, 0.3) is 11.4 Å². The van der Waals surface area contributed by atoms with Crippen LogP contribution in [0.4, 0.5) is 5.95 Å². The molecular formula is C15H13ClN6O. The summed E-state index contributed by atoms with van der Waals surface area (Å²) in [6.45, 7) is 0. The SMILES string of the molecule is [2H]C([2H])(C(=O)Nc1n[nH]c(-c2ccnnc2)n1)C([2H])([2H])c1ccc(Cl)cc1. The van der Waals surface area contributed by atoms with E-state index in [9.17, 15) is 4.79 Å². The van der Waals surface area contributed by atoms with E-state index in [1.807, 2.05) is 0 Å². The zero-order valence-electron chi connectivity index (χ0n) is 15.6. The van der Waals surface area contributed by atoms with Crippen LogP contribution in [0, 0.1) is 0 Å². The third-order valence-corrected chi connectivity index (χ3v) is 2.98. The first-order valence-electron chi connectivity index (χ1n) is 8.49. The monoisotopic (exact) mass is 332 g/mol. The molecule has 0 aliphatic heterocycles. The van der Waals surface area contributed by atoms with Crippen molar-refractivity contribution in [2.24, 2.45) is 0 Å². The fourth-order valence-corrected chi connectivity index (χ4v) is 1.80. The highest BCUT2D eigenvalue weighted by Crippen LogP contribution is 2.14. The van der Waals surface area contributed by atoms with Crippen LogP contribution in [0.5, 0.6) is 0 Å². The largest absolute Gasteiger partial charge is 0.293 e. The average Bonchev–Trinajstić information content (AvgIpc) is 3.11. The van der Waals surface area contributed by atoms with Crippen LogP contribution in [0.15, 0.2) is 42.7 Å². The van der Waals surface area contributed by atoms with E-state index in [1.165, 1.54) is 36.7 Å². The van der Waals surface area contributed by atoms with Gasteiger partial charge in [-0.05, 0) is 30.1 Å². The maximum atomic E-state index is 12.4. The highest BCUT2D eigenvalue weighted by atomic mass is 35.5. The zero-order valence-corrected chi connectivity index (χ0v) is 12.4. The van der Waals surface area contributed by atoms with Crippen molar-refractivity contribution in [3.63, 3.8) is 0 Å². The Morgan fingerprint density at radius 3 is 2.83 bits per heavy atom. The van der Waals surface area contributed by atoms with Crippen LogP contribution in [0.1, 0.15) is 17.4 Å². The van der Waals surface area contributed by atoms with Crippen LogP contribution >= 0.6 is 11.6 Å². The molecule has 0 spiro atoms. The molecule has 0 fully saturated rings. The topological polar surface area (TPSA) is 96.5 Å². The second-order valence-electron chi connectivity index (χ2n) is 4.35. The standard InChI is InChI=1S/C15H13ClN6O/c16-12-4-1-10(2-5-12)3-6-13(23)19-15-20-14(21-22-15)11-7-8-17-18-9-11/h1-2,4-5,7-9H,3,6H2,(H2,19,20,21,22,23)/i3D2,6D2. The normalized spacial score (nSPS) is 14.3. The molecule has 0 radical (unpaired) electrons. The average molecular weight is 333 g/mol. The minimum absolute atomic E-state index is 0.0226. The van der Waals surface area contributed by atoms with Crippen molar-refractivity contribution in [2.45, 2.75) is 12.7 Å². The summed E-state index contributed by atoms with van der Waals surface area (Å²) >= 11 is 5.77. The molecule has 8 heteroatoms. The summed E-state index contributed by atoms with van der Waals surface area (Å²) in [6, 6.07) is 7.13. The third-order valence-electron chi connectivity index (χ3n) is 2.73. The molecule has 0 unspecified atom stereocenters. The smallest absolute Gasteiger partial charge is 0.249 e. The summed E-state index contributed by atoms with van der Waals surface area (Å²) in [5.74, 6) is -1.12. The first-order chi connectivity index (χ1) is 12.7. The molecule has 1 amide bonds. The van der Waals surface area contributed by atoms with Crippen molar-refractivity contribution in [1.82, 2.24) is 25.4 Å². The molecule has 0 aliphatic carbocycles. The van der Waals surface area contributed by atoms with Crippen LogP contribution in [0.2, 0.25) is 5.02 Å². The molecule has 0 aliphatic rings. The minimum atomic E-state index is -2.90. The number of carbonyl (C=O) groups excluding carboxylic acids is 1. The van der Waals surface area contributed by atoms with Crippen molar-refractivity contribution in [1.29, 1.82) is 0 Å². The van der Waals surface area contributed by atoms with E-state index < -0.39 is 18.7 Å². The Hall–Kier alpha value is -2.80. The molecule has 3 aromatic rings. The van der Waals surface area contributed by atoms with Gasteiger partial charge >= 0.3 is 0 Å². The van der Waals surface area contributed by atoms with Gasteiger partial charge < -0.3 is 0 Å². The number of halogens is 1. The second kappa shape index (κ2) is 6.97. The molecule has 0 saturated carbocycles. The lowest BCUT2D eigenvalue weighted by Gasteiger charge is -2.02. The summed E-state index contributed by atoms with van der Waals surface area (Å²) in [4.78, 5) is 16.4. The number of hydrogen-bond donors (Lipinski definition) is 2. The predicted octanol–water partition coefficient (Wildman–Crippen LogP) is 2.49. The van der Waals surface area contributed by atoms with Gasteiger partial charge in [0.2, 0.25) is 11.9 Å². The Labute approximate surface area is 142 Å². The number of rotatable bonds is 5. The summed E-state index contributed by atoms with van der Waals surface area (Å²) in [5.41, 5.74) is 0.545. The van der Waals surface area contributed by atoms with E-state index >= 15 is 0 Å². The number of aryl methyl sites for hydroxylation is 1. The summed E-state index contributed by atoms with van der Waals surface area (Å²) in [7, 11) is 0. The van der Waals surface area contributed by atoms with Crippen molar-refractivity contribution in [3.8, 4) is 11.4 Å². The highest BCUT2D eigenvalue weighted by Gasteiger charge is 2.09. The second-order valence-corrected chi connectivity index (χ2v) is 4.79. The summed E-state index contributed by atoms with van der Waals surface area (Å²) in [6.07, 6.45) is -2.63. The molecule has 1 aromatic carbocycles. The summed E-state index contributed by atoms with van der Waals surface area (Å²) in [5, 5.41) is 16.3.